The van der Waals surface area contributed by atoms with Gasteiger partial charge in [-0.3, -0.25) is 4.79 Å². The normalized spacial score (nSPS) is 44.6. The third-order valence-corrected chi connectivity index (χ3v) is 10.5. The molecule has 0 aliphatic heterocycles. The summed E-state index contributed by atoms with van der Waals surface area (Å²) in [5.41, 5.74) is 1.44. The molecular formula is C27H42O3. The number of esters is 1. The second-order valence-electron chi connectivity index (χ2n) is 11.6. The zero-order chi connectivity index (χ0) is 21.7. The molecular weight excluding hydrogens is 372 g/mol. The monoisotopic (exact) mass is 414 g/mol. The summed E-state index contributed by atoms with van der Waals surface area (Å²) in [4.78, 5) is 25.6. The molecule has 0 aromatic rings. The largest absolute Gasteiger partial charge is 0.466 e. The van der Waals surface area contributed by atoms with Crippen molar-refractivity contribution in [2.24, 2.45) is 46.3 Å². The molecule has 0 heterocycles. The van der Waals surface area contributed by atoms with Crippen molar-refractivity contribution in [3.8, 4) is 0 Å². The zero-order valence-electron chi connectivity index (χ0n) is 19.8. The second kappa shape index (κ2) is 8.10. The fourth-order valence-electron chi connectivity index (χ4n) is 8.88. The Morgan fingerprint density at radius 2 is 1.83 bits per heavy atom. The van der Waals surface area contributed by atoms with Crippen LogP contribution in [0.2, 0.25) is 0 Å². The Bertz CT molecular complexity index is 724. The summed E-state index contributed by atoms with van der Waals surface area (Å²) in [6, 6.07) is 0. The van der Waals surface area contributed by atoms with Crippen LogP contribution in [0.25, 0.3) is 0 Å². The molecule has 4 fully saturated rings. The zero-order valence-corrected chi connectivity index (χ0v) is 19.8. The predicted molar refractivity (Wildman–Crippen MR) is 120 cm³/mol. The van der Waals surface area contributed by atoms with Crippen LogP contribution in [-0.2, 0) is 14.3 Å². The molecule has 30 heavy (non-hydrogen) atoms. The number of Topliss-reactive ketones (excluding diaryl/α,β-unsaturated/α-hetero) is 1. The smallest absolute Gasteiger partial charge is 0.333 e. The van der Waals surface area contributed by atoms with Gasteiger partial charge in [-0.05, 0) is 92.3 Å². The van der Waals surface area contributed by atoms with Crippen molar-refractivity contribution in [2.45, 2.75) is 91.9 Å². The van der Waals surface area contributed by atoms with Crippen molar-refractivity contribution in [3.63, 3.8) is 0 Å². The molecule has 168 valence electrons. The molecule has 4 rings (SSSR count). The molecule has 4 saturated carbocycles. The molecule has 0 spiro atoms. The van der Waals surface area contributed by atoms with Gasteiger partial charge in [0.1, 0.15) is 5.78 Å². The van der Waals surface area contributed by atoms with Gasteiger partial charge in [0, 0.05) is 17.9 Å². The molecule has 4 aliphatic carbocycles. The highest BCUT2D eigenvalue weighted by molar-refractivity contribution is 5.88. The minimum absolute atomic E-state index is 0.188. The highest BCUT2D eigenvalue weighted by atomic mass is 16.5. The summed E-state index contributed by atoms with van der Waals surface area (Å²) in [6.45, 7) is 9.27. The maximum Gasteiger partial charge on any atom is 0.333 e. The van der Waals surface area contributed by atoms with Crippen LogP contribution in [0.1, 0.15) is 91.9 Å². The summed E-state index contributed by atoms with van der Waals surface area (Å²) in [6.07, 6.45) is 13.7. The van der Waals surface area contributed by atoms with E-state index in [0.29, 0.717) is 46.7 Å². The number of ether oxygens (including phenoxy) is 1. The molecule has 3 heteroatoms. The van der Waals surface area contributed by atoms with Gasteiger partial charge in [0.15, 0.2) is 0 Å². The SMILES string of the molecule is CC=C(C[C@@H](C)[C@H]1CC[C@H]2[C@@H]3C(=O)C[C@@H]4CCCC[C@]4(C)[C@H]3CC[C@]12C)C(=O)OC. The Morgan fingerprint density at radius 1 is 1.10 bits per heavy atom. The third-order valence-electron chi connectivity index (χ3n) is 10.5. The highest BCUT2D eigenvalue weighted by Crippen LogP contribution is 2.67. The Balaban J connectivity index is 1.56. The van der Waals surface area contributed by atoms with E-state index in [2.05, 4.69) is 20.8 Å². The molecule has 0 unspecified atom stereocenters. The van der Waals surface area contributed by atoms with Gasteiger partial charge in [0.05, 0.1) is 7.11 Å². The number of methoxy groups -OCH3 is 1. The number of carbonyl (C=O) groups excluding carboxylic acids is 2. The van der Waals surface area contributed by atoms with Crippen LogP contribution >= 0.6 is 0 Å². The Kier molecular flexibility index (Phi) is 5.96. The van der Waals surface area contributed by atoms with E-state index in [1.165, 1.54) is 58.5 Å². The molecule has 0 aromatic carbocycles. The number of hydrogen-bond acceptors (Lipinski definition) is 3. The van der Waals surface area contributed by atoms with Crippen LogP contribution in [0.4, 0.5) is 0 Å². The summed E-state index contributed by atoms with van der Waals surface area (Å²) < 4.78 is 4.99. The van der Waals surface area contributed by atoms with E-state index in [1.807, 2.05) is 13.0 Å². The minimum atomic E-state index is -0.188. The quantitative estimate of drug-likeness (QED) is 0.397. The van der Waals surface area contributed by atoms with Crippen molar-refractivity contribution < 1.29 is 14.3 Å². The molecule has 0 bridgehead atoms. The van der Waals surface area contributed by atoms with Gasteiger partial charge in [0.25, 0.3) is 0 Å². The van der Waals surface area contributed by atoms with Gasteiger partial charge >= 0.3 is 5.97 Å². The first kappa shape index (κ1) is 22.1. The molecule has 0 radical (unpaired) electrons. The average molecular weight is 415 g/mol. The number of rotatable bonds is 4. The summed E-state index contributed by atoms with van der Waals surface area (Å²) in [5.74, 6) is 3.52. The van der Waals surface area contributed by atoms with E-state index in [-0.39, 0.29) is 11.4 Å². The Morgan fingerprint density at radius 3 is 2.53 bits per heavy atom. The number of fused-ring (bicyclic) bond motifs is 5. The van der Waals surface area contributed by atoms with Gasteiger partial charge in [-0.25, -0.2) is 4.79 Å². The highest BCUT2D eigenvalue weighted by Gasteiger charge is 2.62. The van der Waals surface area contributed by atoms with Crippen LogP contribution in [-0.4, -0.2) is 18.9 Å². The van der Waals surface area contributed by atoms with Crippen LogP contribution in [0.3, 0.4) is 0 Å². The first-order valence-electron chi connectivity index (χ1n) is 12.5. The van der Waals surface area contributed by atoms with Gasteiger partial charge in [-0.2, -0.15) is 0 Å². The lowest BCUT2D eigenvalue weighted by molar-refractivity contribution is -0.156. The lowest BCUT2D eigenvalue weighted by Gasteiger charge is -2.60. The van der Waals surface area contributed by atoms with Gasteiger partial charge in [-0.1, -0.05) is 39.7 Å². The number of ketones is 1. The van der Waals surface area contributed by atoms with E-state index < -0.39 is 0 Å². The molecule has 3 nitrogen and oxygen atoms in total. The van der Waals surface area contributed by atoms with Crippen molar-refractivity contribution in [3.05, 3.63) is 11.6 Å². The number of allylic oxidation sites excluding steroid dienone is 1. The fourth-order valence-corrected chi connectivity index (χ4v) is 8.88. The molecule has 0 saturated heterocycles. The summed E-state index contributed by atoms with van der Waals surface area (Å²) in [7, 11) is 1.47. The molecule has 0 amide bonds. The van der Waals surface area contributed by atoms with Gasteiger partial charge in [-0.15, -0.1) is 0 Å². The number of carbonyl (C=O) groups is 2. The van der Waals surface area contributed by atoms with Crippen LogP contribution < -0.4 is 0 Å². The van der Waals surface area contributed by atoms with Crippen molar-refractivity contribution >= 4 is 11.8 Å². The van der Waals surface area contributed by atoms with E-state index >= 15 is 0 Å². The molecule has 8 atom stereocenters. The first-order chi connectivity index (χ1) is 14.3. The molecule has 4 aliphatic rings. The fraction of sp³-hybridized carbons (Fsp3) is 0.852. The Labute approximate surface area is 183 Å². The Hall–Kier alpha value is -1.12. The molecule has 0 aromatic heterocycles. The maximum atomic E-state index is 13.5. The van der Waals surface area contributed by atoms with Crippen LogP contribution in [0.15, 0.2) is 11.6 Å². The van der Waals surface area contributed by atoms with Crippen LogP contribution in [0, 0.1) is 46.3 Å². The third kappa shape index (κ3) is 3.30. The molecule has 0 N–H and O–H groups in total. The summed E-state index contributed by atoms with van der Waals surface area (Å²) >= 11 is 0. The standard InChI is InChI=1S/C27H42O3/c1-6-18(25(29)30-5)15-17(2)20-10-11-21-24-22(12-14-27(20,21)4)26(3)13-8-7-9-19(26)16-23(24)28/h6,17,19-22,24H,7-16H2,1-5H3/t17-,19+,20-,21+,22+,24+,26+,27-/m1/s1. The van der Waals surface area contributed by atoms with Gasteiger partial charge in [0.2, 0.25) is 0 Å². The first-order valence-corrected chi connectivity index (χ1v) is 12.5. The van der Waals surface area contributed by atoms with Gasteiger partial charge < -0.3 is 4.74 Å². The van der Waals surface area contributed by atoms with Crippen molar-refractivity contribution in [1.82, 2.24) is 0 Å². The van der Waals surface area contributed by atoms with E-state index in [0.717, 1.165) is 18.4 Å². The van der Waals surface area contributed by atoms with E-state index in [4.69, 9.17) is 4.74 Å². The average Bonchev–Trinajstić information content (AvgIpc) is 3.09. The van der Waals surface area contributed by atoms with E-state index in [9.17, 15) is 9.59 Å². The van der Waals surface area contributed by atoms with Crippen molar-refractivity contribution in [1.29, 1.82) is 0 Å². The maximum absolute atomic E-state index is 13.5. The number of hydrogen-bond donors (Lipinski definition) is 0. The van der Waals surface area contributed by atoms with E-state index in [1.54, 1.807) is 0 Å². The predicted octanol–water partition coefficient (Wildman–Crippen LogP) is 6.36. The van der Waals surface area contributed by atoms with Crippen molar-refractivity contribution in [2.75, 3.05) is 7.11 Å². The topological polar surface area (TPSA) is 43.4 Å². The lowest BCUT2D eigenvalue weighted by atomic mass is 9.44. The second-order valence-corrected chi connectivity index (χ2v) is 11.6. The summed E-state index contributed by atoms with van der Waals surface area (Å²) in [5, 5.41) is 0. The van der Waals surface area contributed by atoms with Crippen LogP contribution in [0.5, 0.6) is 0 Å². The minimum Gasteiger partial charge on any atom is -0.466 e. The lowest BCUT2D eigenvalue weighted by Crippen LogP contribution is -2.56.